The summed E-state index contributed by atoms with van der Waals surface area (Å²) in [5.74, 6) is 0.867. The lowest BCUT2D eigenvalue weighted by atomic mass is 10.1. The van der Waals surface area contributed by atoms with Crippen molar-refractivity contribution in [2.24, 2.45) is 4.99 Å². The Bertz CT molecular complexity index is 691. The first-order chi connectivity index (χ1) is 9.28. The molecule has 1 heterocycles. The van der Waals surface area contributed by atoms with E-state index in [2.05, 4.69) is 35.4 Å². The minimum absolute atomic E-state index is 0.0285. The molecule has 0 aliphatic carbocycles. The molecule has 2 aromatic rings. The molecule has 1 aliphatic heterocycles. The van der Waals surface area contributed by atoms with Crippen molar-refractivity contribution < 1.29 is 4.74 Å². The fraction of sp³-hybridized carbons (Fsp3) is 0.188. The Balaban J connectivity index is 2.04. The summed E-state index contributed by atoms with van der Waals surface area (Å²) in [5.41, 5.74) is 1.16. The van der Waals surface area contributed by atoms with Crippen molar-refractivity contribution in [1.29, 1.82) is 0 Å². The normalized spacial score (nSPS) is 17.2. The lowest BCUT2D eigenvalue weighted by Gasteiger charge is -2.26. The molecular formula is C16H16N2O. The maximum Gasteiger partial charge on any atom is 0.147 e. The smallest absolute Gasteiger partial charge is 0.147 e. The summed E-state index contributed by atoms with van der Waals surface area (Å²) in [6.07, 6.45) is 2.16. The Morgan fingerprint density at radius 1 is 1.05 bits per heavy atom. The number of benzene rings is 2. The SMILES string of the molecule is COc1ccc(C2N=c3ccccc3=CN2C)cc1. The van der Waals surface area contributed by atoms with Gasteiger partial charge in [-0.25, -0.2) is 0 Å². The summed E-state index contributed by atoms with van der Waals surface area (Å²) >= 11 is 0. The molecule has 1 atom stereocenters. The highest BCUT2D eigenvalue weighted by Crippen LogP contribution is 2.23. The first-order valence-electron chi connectivity index (χ1n) is 6.28. The molecule has 0 radical (unpaired) electrons. The van der Waals surface area contributed by atoms with E-state index in [-0.39, 0.29) is 6.17 Å². The highest BCUT2D eigenvalue weighted by Gasteiger charge is 2.15. The standard InChI is InChI=1S/C16H16N2O/c1-18-11-13-5-3-4-6-15(13)17-16(18)12-7-9-14(19-2)10-8-12/h3-11,16H,1-2H3. The molecule has 1 aliphatic rings. The van der Waals surface area contributed by atoms with Crippen LogP contribution in [0.3, 0.4) is 0 Å². The molecule has 3 nitrogen and oxygen atoms in total. The Hall–Kier alpha value is -2.29. The van der Waals surface area contributed by atoms with Gasteiger partial charge in [-0.3, -0.25) is 4.99 Å². The molecule has 0 amide bonds. The van der Waals surface area contributed by atoms with Gasteiger partial charge in [-0.2, -0.15) is 0 Å². The third-order valence-corrected chi connectivity index (χ3v) is 3.34. The zero-order valence-electron chi connectivity index (χ0n) is 11.1. The Kier molecular flexibility index (Phi) is 2.95. The number of rotatable bonds is 2. The van der Waals surface area contributed by atoms with Crippen LogP contribution in [0.15, 0.2) is 53.5 Å². The van der Waals surface area contributed by atoms with Crippen molar-refractivity contribution in [3.8, 4) is 5.75 Å². The predicted molar refractivity (Wildman–Crippen MR) is 75.2 cm³/mol. The van der Waals surface area contributed by atoms with Crippen molar-refractivity contribution >= 4 is 6.20 Å². The van der Waals surface area contributed by atoms with Gasteiger partial charge in [0.15, 0.2) is 0 Å². The van der Waals surface area contributed by atoms with E-state index in [1.165, 1.54) is 0 Å². The van der Waals surface area contributed by atoms with Crippen molar-refractivity contribution in [3.63, 3.8) is 0 Å². The van der Waals surface area contributed by atoms with Crippen LogP contribution in [0.5, 0.6) is 5.75 Å². The summed E-state index contributed by atoms with van der Waals surface area (Å²) < 4.78 is 5.19. The zero-order valence-corrected chi connectivity index (χ0v) is 11.1. The zero-order chi connectivity index (χ0) is 13.2. The van der Waals surface area contributed by atoms with Gasteiger partial charge in [0.05, 0.1) is 12.5 Å². The van der Waals surface area contributed by atoms with Gasteiger partial charge in [0.25, 0.3) is 0 Å². The first-order valence-corrected chi connectivity index (χ1v) is 6.28. The molecule has 0 fully saturated rings. The molecule has 1 unspecified atom stereocenters. The molecule has 0 aromatic heterocycles. The van der Waals surface area contributed by atoms with E-state index in [0.717, 1.165) is 21.9 Å². The third kappa shape index (κ3) is 2.19. The second-order valence-electron chi connectivity index (χ2n) is 4.63. The van der Waals surface area contributed by atoms with Crippen LogP contribution in [0, 0.1) is 0 Å². The molecule has 96 valence electrons. The summed E-state index contributed by atoms with van der Waals surface area (Å²) in [6, 6.07) is 16.3. The molecular weight excluding hydrogens is 236 g/mol. The minimum Gasteiger partial charge on any atom is -0.497 e. The maximum absolute atomic E-state index is 5.19. The van der Waals surface area contributed by atoms with Gasteiger partial charge < -0.3 is 9.64 Å². The van der Waals surface area contributed by atoms with Gasteiger partial charge in [-0.15, -0.1) is 0 Å². The molecule has 0 saturated heterocycles. The first kappa shape index (κ1) is 11.8. The maximum atomic E-state index is 5.19. The van der Waals surface area contributed by atoms with Gasteiger partial charge in [-0.05, 0) is 23.8 Å². The average Bonchev–Trinajstić information content (AvgIpc) is 2.47. The molecule has 3 rings (SSSR count). The Morgan fingerprint density at radius 3 is 2.53 bits per heavy atom. The van der Waals surface area contributed by atoms with Crippen molar-refractivity contribution in [3.05, 3.63) is 64.7 Å². The number of hydrogen-bond acceptors (Lipinski definition) is 3. The van der Waals surface area contributed by atoms with Gasteiger partial charge >= 0.3 is 0 Å². The summed E-state index contributed by atoms with van der Waals surface area (Å²) in [6.45, 7) is 0. The van der Waals surface area contributed by atoms with Crippen LogP contribution in [-0.4, -0.2) is 19.1 Å². The topological polar surface area (TPSA) is 24.8 Å². The second-order valence-corrected chi connectivity index (χ2v) is 4.63. The highest BCUT2D eigenvalue weighted by molar-refractivity contribution is 5.33. The number of methoxy groups -OCH3 is 1. The van der Waals surface area contributed by atoms with Gasteiger partial charge in [0.2, 0.25) is 0 Å². The molecule has 19 heavy (non-hydrogen) atoms. The fourth-order valence-electron chi connectivity index (χ4n) is 2.31. The molecule has 0 N–H and O–H groups in total. The number of nitrogens with zero attached hydrogens (tertiary/aromatic N) is 2. The lowest BCUT2D eigenvalue weighted by molar-refractivity contribution is 0.364. The molecule has 3 heteroatoms. The van der Waals surface area contributed by atoms with Crippen molar-refractivity contribution in [1.82, 2.24) is 4.90 Å². The van der Waals surface area contributed by atoms with Crippen molar-refractivity contribution in [2.45, 2.75) is 6.17 Å². The van der Waals surface area contributed by atoms with Gasteiger partial charge in [0.1, 0.15) is 11.9 Å². The van der Waals surface area contributed by atoms with Crippen LogP contribution in [0.4, 0.5) is 0 Å². The Morgan fingerprint density at radius 2 is 1.79 bits per heavy atom. The van der Waals surface area contributed by atoms with E-state index >= 15 is 0 Å². The van der Waals surface area contributed by atoms with E-state index in [9.17, 15) is 0 Å². The van der Waals surface area contributed by atoms with E-state index in [1.54, 1.807) is 7.11 Å². The van der Waals surface area contributed by atoms with E-state index in [1.807, 2.05) is 31.3 Å². The molecule has 0 bridgehead atoms. The number of fused-ring (bicyclic) bond motifs is 1. The van der Waals surface area contributed by atoms with E-state index in [4.69, 9.17) is 9.73 Å². The molecule has 2 aromatic carbocycles. The fourth-order valence-corrected chi connectivity index (χ4v) is 2.31. The van der Waals surface area contributed by atoms with Crippen LogP contribution < -0.4 is 15.3 Å². The monoisotopic (exact) mass is 252 g/mol. The van der Waals surface area contributed by atoms with Crippen LogP contribution in [0.1, 0.15) is 11.7 Å². The highest BCUT2D eigenvalue weighted by atomic mass is 16.5. The predicted octanol–water partition coefficient (Wildman–Crippen LogP) is 1.70. The number of ether oxygens (including phenoxy) is 1. The van der Waals surface area contributed by atoms with Crippen LogP contribution in [-0.2, 0) is 0 Å². The van der Waals surface area contributed by atoms with Crippen LogP contribution in [0.25, 0.3) is 6.20 Å². The Labute approximate surface area is 112 Å². The minimum atomic E-state index is 0.0285. The van der Waals surface area contributed by atoms with Crippen molar-refractivity contribution in [2.75, 3.05) is 14.2 Å². The van der Waals surface area contributed by atoms with Gasteiger partial charge in [-0.1, -0.05) is 30.3 Å². The van der Waals surface area contributed by atoms with Crippen LogP contribution >= 0.6 is 0 Å². The van der Waals surface area contributed by atoms with E-state index in [0.29, 0.717) is 0 Å². The summed E-state index contributed by atoms with van der Waals surface area (Å²) in [4.78, 5) is 6.94. The number of para-hydroxylation sites is 1. The number of hydrogen-bond donors (Lipinski definition) is 0. The van der Waals surface area contributed by atoms with Gasteiger partial charge in [0, 0.05) is 18.5 Å². The second kappa shape index (κ2) is 4.76. The summed E-state index contributed by atoms with van der Waals surface area (Å²) in [7, 11) is 3.73. The average molecular weight is 252 g/mol. The molecule has 0 spiro atoms. The molecule has 0 saturated carbocycles. The summed E-state index contributed by atoms with van der Waals surface area (Å²) in [5, 5.41) is 2.20. The quantitative estimate of drug-likeness (QED) is 0.812. The largest absolute Gasteiger partial charge is 0.497 e. The third-order valence-electron chi connectivity index (χ3n) is 3.34. The van der Waals surface area contributed by atoms with E-state index < -0.39 is 0 Å². The van der Waals surface area contributed by atoms with Crippen LogP contribution in [0.2, 0.25) is 0 Å². The lowest BCUT2D eigenvalue weighted by Crippen LogP contribution is -2.35.